The number of rotatable bonds is 5. The Hall–Kier alpha value is -2.75. The van der Waals surface area contributed by atoms with Crippen molar-refractivity contribution in [2.24, 2.45) is 5.14 Å². The van der Waals surface area contributed by atoms with Crippen LogP contribution in [0.3, 0.4) is 0 Å². The van der Waals surface area contributed by atoms with Crippen LogP contribution >= 0.6 is 11.6 Å². The van der Waals surface area contributed by atoms with E-state index in [1.54, 1.807) is 12.1 Å². The molecule has 3 rings (SSSR count). The van der Waals surface area contributed by atoms with E-state index in [0.717, 1.165) is 0 Å². The van der Waals surface area contributed by atoms with Crippen molar-refractivity contribution in [1.29, 1.82) is 0 Å². The summed E-state index contributed by atoms with van der Waals surface area (Å²) in [7, 11) is -3.81. The van der Waals surface area contributed by atoms with Gasteiger partial charge in [-0.15, -0.1) is 0 Å². The number of primary sulfonamides is 1. The van der Waals surface area contributed by atoms with Crippen molar-refractivity contribution < 1.29 is 22.8 Å². The number of carbonyl (C=O) groups excluding carboxylic acids is 3. The molecule has 0 unspecified atom stereocenters. The summed E-state index contributed by atoms with van der Waals surface area (Å²) in [5.74, 6) is -1.77. The normalized spacial score (nSPS) is 13.6. The molecular weight excluding hydrogens is 394 g/mol. The fourth-order valence-corrected chi connectivity index (χ4v) is 3.35. The maximum absolute atomic E-state index is 12.1. The molecule has 2 aromatic carbocycles. The van der Waals surface area contributed by atoms with Gasteiger partial charge in [-0.25, -0.2) is 13.6 Å². The molecule has 8 nitrogen and oxygen atoms in total. The molecule has 0 saturated carbocycles. The molecule has 140 valence electrons. The third kappa shape index (κ3) is 4.00. The number of nitrogens with one attached hydrogen (secondary N) is 1. The summed E-state index contributed by atoms with van der Waals surface area (Å²) in [6.07, 6.45) is -0.0575. The molecule has 0 aromatic heterocycles. The molecule has 0 aliphatic carbocycles. The fraction of sp³-hybridized carbons (Fsp3) is 0.118. The first-order valence-electron chi connectivity index (χ1n) is 7.75. The van der Waals surface area contributed by atoms with Crippen molar-refractivity contribution in [3.63, 3.8) is 0 Å². The highest BCUT2D eigenvalue weighted by molar-refractivity contribution is 7.89. The molecule has 10 heteroatoms. The van der Waals surface area contributed by atoms with Crippen molar-refractivity contribution in [1.82, 2.24) is 0 Å². The van der Waals surface area contributed by atoms with Crippen LogP contribution in [0.1, 0.15) is 16.8 Å². The molecule has 3 N–H and O–H groups in total. The molecule has 0 atom stereocenters. The molecule has 2 amide bonds. The van der Waals surface area contributed by atoms with Gasteiger partial charge in [0.15, 0.2) is 0 Å². The Morgan fingerprint density at radius 2 is 1.78 bits per heavy atom. The molecule has 27 heavy (non-hydrogen) atoms. The quantitative estimate of drug-likeness (QED) is 0.727. The van der Waals surface area contributed by atoms with Crippen molar-refractivity contribution in [2.45, 2.75) is 11.3 Å². The predicted molar refractivity (Wildman–Crippen MR) is 99.2 cm³/mol. The van der Waals surface area contributed by atoms with Gasteiger partial charge in [-0.05, 0) is 42.5 Å². The molecule has 1 aliphatic heterocycles. The van der Waals surface area contributed by atoms with Crippen LogP contribution in [0.2, 0.25) is 5.02 Å². The summed E-state index contributed by atoms with van der Waals surface area (Å²) < 4.78 is 22.4. The van der Waals surface area contributed by atoms with E-state index in [2.05, 4.69) is 5.32 Å². The molecule has 0 saturated heterocycles. The van der Waals surface area contributed by atoms with Crippen molar-refractivity contribution in [2.75, 3.05) is 16.8 Å². The fourth-order valence-electron chi connectivity index (χ4n) is 2.66. The topological polar surface area (TPSA) is 127 Å². The molecular formula is C17H14ClN3O5S. The van der Waals surface area contributed by atoms with Gasteiger partial charge in [0.1, 0.15) is 0 Å². The Labute approximate surface area is 160 Å². The van der Waals surface area contributed by atoms with E-state index in [-0.39, 0.29) is 23.4 Å². The monoisotopic (exact) mass is 407 g/mol. The number of nitrogens with zero attached hydrogens (tertiary/aromatic N) is 1. The van der Waals surface area contributed by atoms with Gasteiger partial charge in [0.05, 0.1) is 16.1 Å². The number of benzene rings is 2. The summed E-state index contributed by atoms with van der Waals surface area (Å²) >= 11 is 5.85. The minimum atomic E-state index is -3.81. The van der Waals surface area contributed by atoms with Gasteiger partial charge in [0.2, 0.25) is 15.9 Å². The van der Waals surface area contributed by atoms with Crippen molar-refractivity contribution >= 4 is 50.6 Å². The average Bonchev–Trinajstić information content (AvgIpc) is 2.83. The molecule has 1 heterocycles. The van der Waals surface area contributed by atoms with E-state index in [1.807, 2.05) is 0 Å². The smallest absolute Gasteiger partial charge is 0.299 e. The Morgan fingerprint density at radius 3 is 2.41 bits per heavy atom. The second kappa shape index (κ2) is 7.10. The van der Waals surface area contributed by atoms with E-state index >= 15 is 0 Å². The number of hydrogen-bond donors (Lipinski definition) is 2. The van der Waals surface area contributed by atoms with Crippen LogP contribution in [0.25, 0.3) is 0 Å². The van der Waals surface area contributed by atoms with Gasteiger partial charge >= 0.3 is 0 Å². The predicted octanol–water partition coefficient (Wildman–Crippen LogP) is 1.55. The Morgan fingerprint density at radius 1 is 1.11 bits per heavy atom. The number of sulfonamides is 1. The zero-order chi connectivity index (χ0) is 19.8. The van der Waals surface area contributed by atoms with Gasteiger partial charge in [-0.3, -0.25) is 14.4 Å². The van der Waals surface area contributed by atoms with Crippen LogP contribution in [-0.4, -0.2) is 32.6 Å². The van der Waals surface area contributed by atoms with Gasteiger partial charge in [-0.2, -0.15) is 0 Å². The summed E-state index contributed by atoms with van der Waals surface area (Å²) in [5.41, 5.74) is 1.01. The van der Waals surface area contributed by atoms with E-state index in [9.17, 15) is 22.8 Å². The number of amides is 2. The van der Waals surface area contributed by atoms with Crippen LogP contribution in [0.5, 0.6) is 0 Å². The largest absolute Gasteiger partial charge is 0.326 e. The third-order valence-electron chi connectivity index (χ3n) is 3.96. The lowest BCUT2D eigenvalue weighted by molar-refractivity contribution is -0.116. The van der Waals surface area contributed by atoms with Crippen LogP contribution in [0.15, 0.2) is 47.4 Å². The second-order valence-corrected chi connectivity index (χ2v) is 7.81. The number of carbonyl (C=O) groups is 3. The average molecular weight is 408 g/mol. The van der Waals surface area contributed by atoms with Crippen molar-refractivity contribution in [3.8, 4) is 0 Å². The maximum atomic E-state index is 12.1. The van der Waals surface area contributed by atoms with E-state index < -0.39 is 27.6 Å². The third-order valence-corrected chi connectivity index (χ3v) is 5.13. The molecule has 0 spiro atoms. The summed E-state index contributed by atoms with van der Waals surface area (Å²) in [6, 6.07) is 9.89. The number of nitrogens with two attached hydrogens (primary N) is 1. The van der Waals surface area contributed by atoms with Crippen LogP contribution in [-0.2, 0) is 19.6 Å². The maximum Gasteiger partial charge on any atom is 0.299 e. The lowest BCUT2D eigenvalue weighted by Gasteiger charge is -2.16. The number of ketones is 1. The van der Waals surface area contributed by atoms with Gasteiger partial charge in [0.25, 0.3) is 11.7 Å². The molecule has 2 aromatic rings. The highest BCUT2D eigenvalue weighted by Crippen LogP contribution is 2.31. The van der Waals surface area contributed by atoms with E-state index in [1.165, 1.54) is 35.2 Å². The molecule has 1 aliphatic rings. The standard InChI is InChI=1S/C17H14ClN3O5S/c18-10-1-6-14-13(9-10)16(23)17(24)21(14)8-7-15(22)20-11-2-4-12(5-3-11)27(19,25)26/h1-6,9H,7-8H2,(H,20,22)(H2,19,25,26). The number of fused-ring (bicyclic) bond motifs is 1. The Bertz CT molecular complexity index is 1050. The first-order chi connectivity index (χ1) is 12.7. The molecule has 0 fully saturated rings. The lowest BCUT2D eigenvalue weighted by Crippen LogP contribution is -2.32. The van der Waals surface area contributed by atoms with Gasteiger partial charge < -0.3 is 10.2 Å². The SMILES string of the molecule is NS(=O)(=O)c1ccc(NC(=O)CCN2C(=O)C(=O)c3cc(Cl)ccc32)cc1. The molecule has 0 radical (unpaired) electrons. The number of hydrogen-bond acceptors (Lipinski definition) is 5. The minimum absolute atomic E-state index is 0.0142. The minimum Gasteiger partial charge on any atom is -0.326 e. The number of anilines is 2. The highest BCUT2D eigenvalue weighted by atomic mass is 35.5. The second-order valence-electron chi connectivity index (χ2n) is 5.81. The Kier molecular flexibility index (Phi) is 5.01. The molecule has 0 bridgehead atoms. The first kappa shape index (κ1) is 19.0. The highest BCUT2D eigenvalue weighted by Gasteiger charge is 2.35. The van der Waals surface area contributed by atoms with Crippen LogP contribution in [0, 0.1) is 0 Å². The zero-order valence-corrected chi connectivity index (χ0v) is 15.4. The van der Waals surface area contributed by atoms with Gasteiger partial charge in [-0.1, -0.05) is 11.6 Å². The summed E-state index contributed by atoms with van der Waals surface area (Å²) in [4.78, 5) is 37.4. The van der Waals surface area contributed by atoms with Gasteiger partial charge in [0, 0.05) is 23.7 Å². The van der Waals surface area contributed by atoms with E-state index in [4.69, 9.17) is 16.7 Å². The first-order valence-corrected chi connectivity index (χ1v) is 9.68. The zero-order valence-electron chi connectivity index (χ0n) is 13.8. The van der Waals surface area contributed by atoms with Crippen LogP contribution in [0.4, 0.5) is 11.4 Å². The lowest BCUT2D eigenvalue weighted by atomic mass is 10.1. The number of Topliss-reactive ketones (excluding diaryl/α,β-unsaturated/α-hetero) is 1. The van der Waals surface area contributed by atoms with Crippen LogP contribution < -0.4 is 15.4 Å². The summed E-state index contributed by atoms with van der Waals surface area (Å²) in [5, 5.41) is 7.94. The Balaban J connectivity index is 1.65. The summed E-state index contributed by atoms with van der Waals surface area (Å²) in [6.45, 7) is 0.0142. The number of halogens is 1. The van der Waals surface area contributed by atoms with E-state index in [0.29, 0.717) is 16.4 Å². The van der Waals surface area contributed by atoms with Crippen molar-refractivity contribution in [3.05, 3.63) is 53.1 Å².